The summed E-state index contributed by atoms with van der Waals surface area (Å²) in [4.78, 5) is 16.1. The third-order valence-electron chi connectivity index (χ3n) is 3.07. The average molecular weight is 318 g/mol. The van der Waals surface area contributed by atoms with Crippen molar-refractivity contribution in [3.05, 3.63) is 36.4 Å². The monoisotopic (exact) mass is 318 g/mol. The Bertz CT molecular complexity index is 662. The summed E-state index contributed by atoms with van der Waals surface area (Å²) in [6, 6.07) is 3.70. The van der Waals surface area contributed by atoms with Crippen LogP contribution in [0.5, 0.6) is 0 Å². The van der Waals surface area contributed by atoms with E-state index in [1.807, 2.05) is 39.8 Å². The van der Waals surface area contributed by atoms with Crippen molar-refractivity contribution in [2.24, 2.45) is 0 Å². The number of nitrogens with zero attached hydrogens (tertiary/aromatic N) is 3. The molecule has 0 fully saturated rings. The second-order valence-corrected chi connectivity index (χ2v) is 6.07. The number of amides is 1. The van der Waals surface area contributed by atoms with Crippen molar-refractivity contribution in [1.82, 2.24) is 14.8 Å². The molecule has 2 aromatic rings. The lowest BCUT2D eigenvalue weighted by Crippen LogP contribution is -2.27. The summed E-state index contributed by atoms with van der Waals surface area (Å²) in [5.74, 6) is 0. The van der Waals surface area contributed by atoms with Crippen molar-refractivity contribution >= 4 is 11.8 Å². The van der Waals surface area contributed by atoms with Gasteiger partial charge in [-0.1, -0.05) is 0 Å². The molecule has 23 heavy (non-hydrogen) atoms. The Kier molecular flexibility index (Phi) is 5.00. The quantitative estimate of drug-likeness (QED) is 0.935. The van der Waals surface area contributed by atoms with E-state index < -0.39 is 11.7 Å². The number of anilines is 1. The lowest BCUT2D eigenvalue weighted by molar-refractivity contribution is 0.0635. The number of aromatic nitrogens is 3. The van der Waals surface area contributed by atoms with Gasteiger partial charge in [0.2, 0.25) is 0 Å². The molecule has 0 spiro atoms. The molecule has 0 bridgehead atoms. The minimum atomic E-state index is -0.573. The Morgan fingerprint density at radius 2 is 2.09 bits per heavy atom. The molecule has 0 unspecified atom stereocenters. The van der Waals surface area contributed by atoms with E-state index >= 15 is 0 Å². The van der Waals surface area contributed by atoms with Gasteiger partial charge in [-0.15, -0.1) is 0 Å². The number of carbonyl (C=O) groups excluding carboxylic acids is 1. The molecule has 0 saturated heterocycles. The first-order valence-electron chi connectivity index (χ1n) is 7.33. The van der Waals surface area contributed by atoms with Crippen LogP contribution in [0.25, 0.3) is 5.69 Å². The van der Waals surface area contributed by atoms with Crippen LogP contribution in [0.15, 0.2) is 30.7 Å². The molecule has 0 aliphatic rings. The zero-order valence-corrected chi connectivity index (χ0v) is 14.0. The van der Waals surface area contributed by atoms with E-state index in [1.54, 1.807) is 30.4 Å². The molecule has 7 heteroatoms. The van der Waals surface area contributed by atoms with Gasteiger partial charge in [0, 0.05) is 13.3 Å². The molecule has 0 aromatic carbocycles. The van der Waals surface area contributed by atoms with Gasteiger partial charge in [-0.3, -0.25) is 10.3 Å². The van der Waals surface area contributed by atoms with E-state index in [1.165, 1.54) is 0 Å². The van der Waals surface area contributed by atoms with Crippen molar-refractivity contribution in [2.75, 3.05) is 12.4 Å². The summed E-state index contributed by atoms with van der Waals surface area (Å²) in [6.07, 6.45) is 4.14. The number of nitrogens with one attached hydrogen (secondary N) is 1. The SMILES string of the molecule is CO[C@@H](C)c1c(NC(=O)OC(C)(C)C)cnn1-c1cccnc1. The van der Waals surface area contributed by atoms with Gasteiger partial charge in [0.1, 0.15) is 5.60 Å². The van der Waals surface area contributed by atoms with Gasteiger partial charge in [-0.05, 0) is 39.8 Å². The fourth-order valence-corrected chi connectivity index (χ4v) is 2.06. The average Bonchev–Trinajstić information content (AvgIpc) is 2.88. The van der Waals surface area contributed by atoms with Crippen LogP contribution in [0, 0.1) is 0 Å². The van der Waals surface area contributed by atoms with E-state index in [0.717, 1.165) is 5.69 Å². The van der Waals surface area contributed by atoms with Crippen LogP contribution in [0.1, 0.15) is 39.5 Å². The van der Waals surface area contributed by atoms with Crippen molar-refractivity contribution in [3.8, 4) is 5.69 Å². The Morgan fingerprint density at radius 1 is 1.35 bits per heavy atom. The van der Waals surface area contributed by atoms with Crippen LogP contribution in [0.2, 0.25) is 0 Å². The number of rotatable bonds is 4. The molecule has 2 aromatic heterocycles. The van der Waals surface area contributed by atoms with Crippen LogP contribution in [0.3, 0.4) is 0 Å². The molecule has 2 rings (SSSR count). The van der Waals surface area contributed by atoms with Crippen LogP contribution in [-0.2, 0) is 9.47 Å². The first-order chi connectivity index (χ1) is 10.8. The lowest BCUT2D eigenvalue weighted by Gasteiger charge is -2.20. The fraction of sp³-hybridized carbons (Fsp3) is 0.438. The summed E-state index contributed by atoms with van der Waals surface area (Å²) in [6.45, 7) is 7.31. The van der Waals surface area contributed by atoms with Crippen LogP contribution in [-0.4, -0.2) is 33.6 Å². The van der Waals surface area contributed by atoms with E-state index in [-0.39, 0.29) is 6.10 Å². The van der Waals surface area contributed by atoms with Crippen molar-refractivity contribution in [3.63, 3.8) is 0 Å². The lowest BCUT2D eigenvalue weighted by atomic mass is 10.2. The van der Waals surface area contributed by atoms with Crippen molar-refractivity contribution in [2.45, 2.75) is 39.4 Å². The molecule has 0 aliphatic heterocycles. The maximum absolute atomic E-state index is 12.0. The molecule has 1 N–H and O–H groups in total. The highest BCUT2D eigenvalue weighted by molar-refractivity contribution is 5.85. The summed E-state index contributed by atoms with van der Waals surface area (Å²) >= 11 is 0. The van der Waals surface area contributed by atoms with Gasteiger partial charge in [-0.25, -0.2) is 9.48 Å². The Balaban J connectivity index is 2.34. The Morgan fingerprint density at radius 3 is 2.65 bits per heavy atom. The zero-order chi connectivity index (χ0) is 17.0. The van der Waals surface area contributed by atoms with E-state index in [2.05, 4.69) is 15.4 Å². The van der Waals surface area contributed by atoms with Crippen molar-refractivity contribution in [1.29, 1.82) is 0 Å². The fourth-order valence-electron chi connectivity index (χ4n) is 2.06. The third-order valence-corrected chi connectivity index (χ3v) is 3.07. The second-order valence-electron chi connectivity index (χ2n) is 6.07. The predicted octanol–water partition coefficient (Wildman–Crippen LogP) is 3.32. The number of carbonyl (C=O) groups is 1. The van der Waals surface area contributed by atoms with Crippen LogP contribution < -0.4 is 5.32 Å². The molecule has 0 saturated carbocycles. The Labute approximate surface area is 135 Å². The molecule has 1 atom stereocenters. The normalized spacial score (nSPS) is 12.7. The van der Waals surface area contributed by atoms with Gasteiger partial charge in [0.25, 0.3) is 0 Å². The highest BCUT2D eigenvalue weighted by Crippen LogP contribution is 2.27. The van der Waals surface area contributed by atoms with E-state index in [9.17, 15) is 4.79 Å². The number of methoxy groups -OCH3 is 1. The molecule has 2 heterocycles. The number of hydrogen-bond acceptors (Lipinski definition) is 5. The smallest absolute Gasteiger partial charge is 0.412 e. The van der Waals surface area contributed by atoms with Gasteiger partial charge in [0.15, 0.2) is 0 Å². The van der Waals surface area contributed by atoms with E-state index in [4.69, 9.17) is 9.47 Å². The van der Waals surface area contributed by atoms with Crippen molar-refractivity contribution < 1.29 is 14.3 Å². The first-order valence-corrected chi connectivity index (χ1v) is 7.33. The summed E-state index contributed by atoms with van der Waals surface area (Å²) in [5, 5.41) is 7.06. The molecular formula is C16H22N4O3. The number of ether oxygens (including phenoxy) is 2. The summed E-state index contributed by atoms with van der Waals surface area (Å²) in [7, 11) is 1.60. The van der Waals surface area contributed by atoms with Crippen LogP contribution in [0.4, 0.5) is 10.5 Å². The standard InChI is InChI=1S/C16H22N4O3/c1-11(22-5)14-13(19-15(21)23-16(2,3)4)10-18-20(14)12-7-6-8-17-9-12/h6-11H,1-5H3,(H,19,21)/t11-/m0/s1. The number of hydrogen-bond donors (Lipinski definition) is 1. The topological polar surface area (TPSA) is 78.3 Å². The molecule has 0 radical (unpaired) electrons. The van der Waals surface area contributed by atoms with Gasteiger partial charge in [-0.2, -0.15) is 5.10 Å². The highest BCUT2D eigenvalue weighted by atomic mass is 16.6. The minimum Gasteiger partial charge on any atom is -0.444 e. The molecule has 0 aliphatic carbocycles. The van der Waals surface area contributed by atoms with Gasteiger partial charge < -0.3 is 9.47 Å². The van der Waals surface area contributed by atoms with E-state index in [0.29, 0.717) is 11.4 Å². The van der Waals surface area contributed by atoms with Gasteiger partial charge >= 0.3 is 6.09 Å². The minimum absolute atomic E-state index is 0.275. The van der Waals surface area contributed by atoms with Crippen LogP contribution >= 0.6 is 0 Å². The summed E-state index contributed by atoms with van der Waals surface area (Å²) < 4.78 is 12.4. The predicted molar refractivity (Wildman–Crippen MR) is 86.6 cm³/mol. The Hall–Kier alpha value is -2.41. The second kappa shape index (κ2) is 6.78. The first kappa shape index (κ1) is 17.0. The maximum atomic E-state index is 12.0. The maximum Gasteiger partial charge on any atom is 0.412 e. The van der Waals surface area contributed by atoms with Gasteiger partial charge in [0.05, 0.1) is 35.6 Å². The third kappa shape index (κ3) is 4.29. The highest BCUT2D eigenvalue weighted by Gasteiger charge is 2.22. The summed E-state index contributed by atoms with van der Waals surface area (Å²) in [5.41, 5.74) is 1.46. The molecule has 1 amide bonds. The molecule has 124 valence electrons. The molecule has 7 nitrogen and oxygen atoms in total. The zero-order valence-electron chi connectivity index (χ0n) is 14.0. The number of pyridine rings is 1. The largest absolute Gasteiger partial charge is 0.444 e. The molecular weight excluding hydrogens is 296 g/mol.